The summed E-state index contributed by atoms with van der Waals surface area (Å²) in [6.45, 7) is 6.33. The molecule has 6 heteroatoms. The molecule has 0 N–H and O–H groups in total. The molecule has 0 bridgehead atoms. The van der Waals surface area contributed by atoms with Gasteiger partial charge in [0.05, 0.1) is 0 Å². The van der Waals surface area contributed by atoms with E-state index in [4.69, 9.17) is 14.2 Å². The van der Waals surface area contributed by atoms with E-state index < -0.39 is 6.10 Å². The second-order valence-corrected chi connectivity index (χ2v) is 16.0. The predicted octanol–water partition coefficient (Wildman–Crippen LogP) is 16.2. The van der Waals surface area contributed by atoms with Crippen LogP contribution < -0.4 is 0 Å². The van der Waals surface area contributed by atoms with Gasteiger partial charge in [-0.3, -0.25) is 14.4 Å². The van der Waals surface area contributed by atoms with Gasteiger partial charge in [-0.2, -0.15) is 0 Å². The molecule has 0 aliphatic carbocycles. The number of carbonyl (C=O) groups excluding carboxylic acids is 3. The molecule has 0 aromatic carbocycles. The predicted molar refractivity (Wildman–Crippen MR) is 260 cm³/mol. The van der Waals surface area contributed by atoms with Crippen molar-refractivity contribution in [2.24, 2.45) is 0 Å². The van der Waals surface area contributed by atoms with Crippen LogP contribution in [0.15, 0.2) is 97.2 Å². The molecular formula is C55H90O6. The Hall–Kier alpha value is -3.67. The Kier molecular flexibility index (Phi) is 46.0. The smallest absolute Gasteiger partial charge is 0.306 e. The van der Waals surface area contributed by atoms with Crippen molar-refractivity contribution < 1.29 is 28.6 Å². The summed E-state index contributed by atoms with van der Waals surface area (Å²) in [4.78, 5) is 37.9. The van der Waals surface area contributed by atoms with Crippen molar-refractivity contribution in [3.63, 3.8) is 0 Å². The highest BCUT2D eigenvalue weighted by Gasteiger charge is 2.19. The molecule has 0 amide bonds. The van der Waals surface area contributed by atoms with Gasteiger partial charge in [0, 0.05) is 19.3 Å². The second-order valence-electron chi connectivity index (χ2n) is 16.0. The number of allylic oxidation sites excluding steroid dienone is 16. The number of rotatable bonds is 43. The van der Waals surface area contributed by atoms with E-state index in [1.54, 1.807) is 0 Å². The lowest BCUT2D eigenvalue weighted by Crippen LogP contribution is -2.30. The van der Waals surface area contributed by atoms with E-state index in [-0.39, 0.29) is 37.5 Å². The summed E-state index contributed by atoms with van der Waals surface area (Å²) < 4.78 is 16.7. The molecule has 0 heterocycles. The van der Waals surface area contributed by atoms with Gasteiger partial charge in [0.25, 0.3) is 0 Å². The Morgan fingerprint density at radius 2 is 0.639 bits per heavy atom. The fourth-order valence-electron chi connectivity index (χ4n) is 6.42. The van der Waals surface area contributed by atoms with Crippen molar-refractivity contribution in [2.75, 3.05) is 13.2 Å². The monoisotopic (exact) mass is 847 g/mol. The van der Waals surface area contributed by atoms with E-state index in [0.29, 0.717) is 19.3 Å². The highest BCUT2D eigenvalue weighted by atomic mass is 16.6. The van der Waals surface area contributed by atoms with Crippen molar-refractivity contribution in [2.45, 2.75) is 219 Å². The summed E-state index contributed by atoms with van der Waals surface area (Å²) in [5.74, 6) is -0.982. The minimum Gasteiger partial charge on any atom is -0.462 e. The summed E-state index contributed by atoms with van der Waals surface area (Å²) in [5.41, 5.74) is 0. The number of esters is 3. The van der Waals surface area contributed by atoms with Gasteiger partial charge in [-0.15, -0.1) is 0 Å². The van der Waals surface area contributed by atoms with Crippen LogP contribution in [0.1, 0.15) is 213 Å². The Labute approximate surface area is 375 Å². The number of ether oxygens (including phenoxy) is 3. The van der Waals surface area contributed by atoms with E-state index in [9.17, 15) is 14.4 Å². The van der Waals surface area contributed by atoms with E-state index in [0.717, 1.165) is 109 Å². The first-order chi connectivity index (χ1) is 30.0. The lowest BCUT2D eigenvalue weighted by atomic mass is 10.0. The summed E-state index contributed by atoms with van der Waals surface area (Å²) in [6, 6.07) is 0. The highest BCUT2D eigenvalue weighted by molar-refractivity contribution is 5.71. The highest BCUT2D eigenvalue weighted by Crippen LogP contribution is 2.14. The normalized spacial score (nSPS) is 12.9. The molecule has 6 nitrogen and oxygen atoms in total. The molecule has 0 fully saturated rings. The summed E-state index contributed by atoms with van der Waals surface area (Å²) >= 11 is 0. The maximum atomic E-state index is 12.7. The quantitative estimate of drug-likeness (QED) is 0.0263. The van der Waals surface area contributed by atoms with E-state index in [2.05, 4.69) is 118 Å². The molecule has 0 saturated heterocycles. The van der Waals surface area contributed by atoms with Gasteiger partial charge in [0.2, 0.25) is 0 Å². The molecule has 0 aromatic heterocycles. The standard InChI is InChI=1S/C55H90O6/c1-4-7-10-13-16-19-22-25-26-27-28-29-30-31-34-36-39-42-45-48-54(57)60-51-52(61-55(58)49-46-43-40-37-33-24-21-18-15-12-9-6-3)50-59-53(56)47-44-41-38-35-32-23-20-17-14-11-8-5-2/h7,9-10,12,16,18-19,21,25-26,28-29,31,33-34,37,52H,4-6,8,11,13-15,17,20,22-24,27,30,32,35-36,38-51H2,1-3H3/b10-7-,12-9-,19-16-,21-18-,26-25-,29-28-,34-31-,37-33-. The molecule has 0 radical (unpaired) electrons. The van der Waals surface area contributed by atoms with Gasteiger partial charge in [-0.25, -0.2) is 0 Å². The maximum absolute atomic E-state index is 12.7. The fourth-order valence-corrected chi connectivity index (χ4v) is 6.42. The Bertz CT molecular complexity index is 1250. The van der Waals surface area contributed by atoms with Crippen LogP contribution >= 0.6 is 0 Å². The fraction of sp³-hybridized carbons (Fsp3) is 0.655. The zero-order valence-electron chi connectivity index (χ0n) is 39.4. The molecule has 346 valence electrons. The Morgan fingerprint density at radius 3 is 1.03 bits per heavy atom. The van der Waals surface area contributed by atoms with Crippen molar-refractivity contribution in [3.05, 3.63) is 97.2 Å². The minimum absolute atomic E-state index is 0.103. The number of carbonyl (C=O) groups is 3. The molecule has 0 aliphatic rings. The summed E-state index contributed by atoms with van der Waals surface area (Å²) in [5, 5.41) is 0. The molecule has 0 rings (SSSR count). The van der Waals surface area contributed by atoms with Crippen LogP contribution in [0.3, 0.4) is 0 Å². The van der Waals surface area contributed by atoms with Crippen LogP contribution in [0.4, 0.5) is 0 Å². The first-order valence-corrected chi connectivity index (χ1v) is 24.7. The van der Waals surface area contributed by atoms with Gasteiger partial charge in [0.15, 0.2) is 6.10 Å². The van der Waals surface area contributed by atoms with E-state index in [1.165, 1.54) is 57.8 Å². The first-order valence-electron chi connectivity index (χ1n) is 24.7. The van der Waals surface area contributed by atoms with E-state index >= 15 is 0 Å². The number of hydrogen-bond acceptors (Lipinski definition) is 6. The van der Waals surface area contributed by atoms with Gasteiger partial charge in [-0.05, 0) is 96.3 Å². The van der Waals surface area contributed by atoms with Crippen molar-refractivity contribution in [3.8, 4) is 0 Å². The zero-order valence-corrected chi connectivity index (χ0v) is 39.4. The van der Waals surface area contributed by atoms with E-state index in [1.807, 2.05) is 0 Å². The summed E-state index contributed by atoms with van der Waals surface area (Å²) in [7, 11) is 0. The third-order valence-corrected chi connectivity index (χ3v) is 10.1. The molecule has 1 unspecified atom stereocenters. The largest absolute Gasteiger partial charge is 0.462 e. The lowest BCUT2D eigenvalue weighted by molar-refractivity contribution is -0.167. The number of unbranched alkanes of at least 4 members (excludes halogenated alkanes) is 16. The molecule has 0 aromatic rings. The van der Waals surface area contributed by atoms with Crippen LogP contribution in [-0.2, 0) is 28.6 Å². The van der Waals surface area contributed by atoms with Crippen LogP contribution in [0.2, 0.25) is 0 Å². The molecular weight excluding hydrogens is 757 g/mol. The Balaban J connectivity index is 4.47. The van der Waals surface area contributed by atoms with Crippen molar-refractivity contribution >= 4 is 17.9 Å². The molecule has 0 aliphatic heterocycles. The molecule has 1 atom stereocenters. The maximum Gasteiger partial charge on any atom is 0.306 e. The van der Waals surface area contributed by atoms with Gasteiger partial charge in [-0.1, -0.05) is 195 Å². The molecule has 61 heavy (non-hydrogen) atoms. The first kappa shape index (κ1) is 57.3. The second kappa shape index (κ2) is 49.0. The number of hydrogen-bond donors (Lipinski definition) is 0. The van der Waals surface area contributed by atoms with Gasteiger partial charge in [0.1, 0.15) is 13.2 Å². The van der Waals surface area contributed by atoms with Gasteiger partial charge >= 0.3 is 17.9 Å². The van der Waals surface area contributed by atoms with Crippen LogP contribution in [0.25, 0.3) is 0 Å². The third kappa shape index (κ3) is 47.2. The molecule has 0 saturated carbocycles. The lowest BCUT2D eigenvalue weighted by Gasteiger charge is -2.18. The summed E-state index contributed by atoms with van der Waals surface area (Å²) in [6.07, 6.45) is 63.9. The van der Waals surface area contributed by atoms with Crippen LogP contribution in [-0.4, -0.2) is 37.2 Å². The zero-order chi connectivity index (χ0) is 44.4. The van der Waals surface area contributed by atoms with Crippen molar-refractivity contribution in [1.29, 1.82) is 0 Å². The van der Waals surface area contributed by atoms with Crippen LogP contribution in [0, 0.1) is 0 Å². The third-order valence-electron chi connectivity index (χ3n) is 10.1. The Morgan fingerprint density at radius 1 is 0.344 bits per heavy atom. The minimum atomic E-state index is -0.809. The van der Waals surface area contributed by atoms with Crippen molar-refractivity contribution in [1.82, 2.24) is 0 Å². The topological polar surface area (TPSA) is 78.9 Å². The molecule has 0 spiro atoms. The van der Waals surface area contributed by atoms with Crippen LogP contribution in [0.5, 0.6) is 0 Å². The SMILES string of the molecule is CC/C=C\C/C=C\C/C=C\C/C=C\C/C=C\CCCCCC(=O)OCC(COC(=O)CCCCCCCCCCCCCC)OC(=O)CCCC/C=C\C/C=C\C/C=C\CC. The average molecular weight is 847 g/mol. The van der Waals surface area contributed by atoms with Gasteiger partial charge < -0.3 is 14.2 Å². The average Bonchev–Trinajstić information content (AvgIpc) is 3.26.